The third kappa shape index (κ3) is 2.68. The number of anilines is 1. The van der Waals surface area contributed by atoms with Crippen molar-refractivity contribution >= 4 is 22.4 Å². The number of aryl methyl sites for hydroxylation is 1. The van der Waals surface area contributed by atoms with Crippen molar-refractivity contribution in [1.29, 1.82) is 0 Å². The highest BCUT2D eigenvalue weighted by molar-refractivity contribution is 7.15. The van der Waals surface area contributed by atoms with E-state index in [9.17, 15) is 4.79 Å². The number of rotatable bonds is 3. The van der Waals surface area contributed by atoms with Gasteiger partial charge in [-0.3, -0.25) is 0 Å². The summed E-state index contributed by atoms with van der Waals surface area (Å²) in [5.74, 6) is -0.322. The van der Waals surface area contributed by atoms with E-state index in [0.29, 0.717) is 10.7 Å². The van der Waals surface area contributed by atoms with Crippen molar-refractivity contribution in [3.8, 4) is 0 Å². The Morgan fingerprint density at radius 1 is 1.50 bits per heavy atom. The van der Waals surface area contributed by atoms with Crippen LogP contribution in [0.5, 0.6) is 0 Å². The summed E-state index contributed by atoms with van der Waals surface area (Å²) in [7, 11) is 1.38. The predicted molar refractivity (Wildman–Crippen MR) is 71.9 cm³/mol. The number of carbonyl (C=O) groups excluding carboxylic acids is 1. The first kappa shape index (κ1) is 12.6. The van der Waals surface area contributed by atoms with E-state index in [-0.39, 0.29) is 5.97 Å². The minimum atomic E-state index is -0.322. The van der Waals surface area contributed by atoms with E-state index >= 15 is 0 Å². The number of hydrogen-bond donors (Lipinski definition) is 1. The fourth-order valence-electron chi connectivity index (χ4n) is 1.73. The number of esters is 1. The molecule has 0 aliphatic rings. The minimum Gasteiger partial charge on any atom is -0.465 e. The molecule has 0 bridgehead atoms. The maximum Gasteiger partial charge on any atom is 0.337 e. The molecule has 0 aliphatic heterocycles. The Balaban J connectivity index is 2.24. The van der Waals surface area contributed by atoms with Gasteiger partial charge in [-0.15, -0.1) is 11.3 Å². The molecule has 5 heteroatoms. The van der Waals surface area contributed by atoms with Crippen LogP contribution in [0.1, 0.15) is 26.5 Å². The van der Waals surface area contributed by atoms with Crippen LogP contribution in [0.2, 0.25) is 0 Å². The Hall–Kier alpha value is -1.88. The quantitative estimate of drug-likeness (QED) is 0.863. The summed E-state index contributed by atoms with van der Waals surface area (Å²) in [5, 5.41) is 0.576. The van der Waals surface area contributed by atoms with Gasteiger partial charge in [0.05, 0.1) is 18.4 Å². The van der Waals surface area contributed by atoms with Gasteiger partial charge in [-0.25, -0.2) is 9.78 Å². The maximum absolute atomic E-state index is 11.4. The lowest BCUT2D eigenvalue weighted by Gasteiger charge is -2.03. The standard InChI is InChI=1S/C13H14N2O2S/c1-8-11(18-13(14)15-8)7-9-4-3-5-10(6-9)12(16)17-2/h3-6H,7H2,1-2H3,(H2,14,15). The molecule has 4 nitrogen and oxygen atoms in total. The topological polar surface area (TPSA) is 65.2 Å². The molecule has 0 aliphatic carbocycles. The maximum atomic E-state index is 11.4. The number of nitrogens with zero attached hydrogens (tertiary/aromatic N) is 1. The number of methoxy groups -OCH3 is 1. The normalized spacial score (nSPS) is 10.3. The molecule has 0 unspecified atom stereocenters. The van der Waals surface area contributed by atoms with Crippen LogP contribution in [0.3, 0.4) is 0 Å². The van der Waals surface area contributed by atoms with E-state index in [1.165, 1.54) is 18.4 Å². The van der Waals surface area contributed by atoms with Crippen LogP contribution in [-0.2, 0) is 11.2 Å². The second kappa shape index (κ2) is 5.18. The number of aromatic nitrogens is 1. The molecule has 18 heavy (non-hydrogen) atoms. The monoisotopic (exact) mass is 262 g/mol. The molecule has 0 fully saturated rings. The summed E-state index contributed by atoms with van der Waals surface area (Å²) in [4.78, 5) is 16.7. The third-order valence-corrected chi connectivity index (χ3v) is 3.61. The second-order valence-corrected chi connectivity index (χ2v) is 5.04. The third-order valence-electron chi connectivity index (χ3n) is 2.62. The van der Waals surface area contributed by atoms with E-state index in [0.717, 1.165) is 22.6 Å². The Kier molecular flexibility index (Phi) is 3.62. The van der Waals surface area contributed by atoms with Gasteiger partial charge in [-0.05, 0) is 24.6 Å². The number of nitrogen functional groups attached to an aromatic ring is 1. The second-order valence-electron chi connectivity index (χ2n) is 3.93. The van der Waals surface area contributed by atoms with Crippen molar-refractivity contribution in [2.24, 2.45) is 0 Å². The molecule has 1 heterocycles. The molecule has 94 valence electrons. The highest BCUT2D eigenvalue weighted by atomic mass is 32.1. The summed E-state index contributed by atoms with van der Waals surface area (Å²) in [6.07, 6.45) is 0.728. The first-order valence-corrected chi connectivity index (χ1v) is 6.31. The lowest BCUT2D eigenvalue weighted by Crippen LogP contribution is -2.01. The van der Waals surface area contributed by atoms with Crippen LogP contribution in [0.25, 0.3) is 0 Å². The molecule has 1 aromatic heterocycles. The fourth-order valence-corrected chi connectivity index (χ4v) is 2.59. The molecule has 0 saturated carbocycles. The van der Waals surface area contributed by atoms with Gasteiger partial charge in [0.15, 0.2) is 5.13 Å². The van der Waals surface area contributed by atoms with Crippen molar-refractivity contribution in [3.05, 3.63) is 46.0 Å². The van der Waals surface area contributed by atoms with Crippen LogP contribution < -0.4 is 5.73 Å². The van der Waals surface area contributed by atoms with Gasteiger partial charge >= 0.3 is 5.97 Å². The number of thiazole rings is 1. The molecule has 0 saturated heterocycles. The molecule has 0 atom stereocenters. The Morgan fingerprint density at radius 2 is 2.28 bits per heavy atom. The largest absolute Gasteiger partial charge is 0.465 e. The first-order valence-electron chi connectivity index (χ1n) is 5.49. The summed E-state index contributed by atoms with van der Waals surface area (Å²) >= 11 is 1.48. The summed E-state index contributed by atoms with van der Waals surface area (Å²) in [6.45, 7) is 1.94. The molecule has 2 N–H and O–H groups in total. The van der Waals surface area contributed by atoms with Crippen LogP contribution in [0.4, 0.5) is 5.13 Å². The molecule has 2 aromatic rings. The molecule has 0 spiro atoms. The van der Waals surface area contributed by atoms with Gasteiger partial charge in [0.2, 0.25) is 0 Å². The number of ether oxygens (including phenoxy) is 1. The van der Waals surface area contributed by atoms with Crippen LogP contribution in [0, 0.1) is 6.92 Å². The summed E-state index contributed by atoms with van der Waals surface area (Å²) in [6, 6.07) is 7.40. The number of benzene rings is 1. The van der Waals surface area contributed by atoms with E-state index in [1.54, 1.807) is 6.07 Å². The van der Waals surface area contributed by atoms with Crippen molar-refractivity contribution in [2.75, 3.05) is 12.8 Å². The first-order chi connectivity index (χ1) is 8.60. The average Bonchev–Trinajstić information content (AvgIpc) is 2.67. The van der Waals surface area contributed by atoms with Crippen LogP contribution in [-0.4, -0.2) is 18.1 Å². The van der Waals surface area contributed by atoms with Crippen molar-refractivity contribution in [3.63, 3.8) is 0 Å². The lowest BCUT2D eigenvalue weighted by molar-refractivity contribution is 0.0600. The van der Waals surface area contributed by atoms with Gasteiger partial charge in [-0.1, -0.05) is 12.1 Å². The van der Waals surface area contributed by atoms with Gasteiger partial charge in [0, 0.05) is 11.3 Å². The van der Waals surface area contributed by atoms with E-state index in [1.807, 2.05) is 25.1 Å². The highest BCUT2D eigenvalue weighted by Crippen LogP contribution is 2.23. The van der Waals surface area contributed by atoms with Gasteiger partial charge in [-0.2, -0.15) is 0 Å². The van der Waals surface area contributed by atoms with E-state index in [4.69, 9.17) is 10.5 Å². The molecular formula is C13H14N2O2S. The molecule has 0 amide bonds. The Bertz CT molecular complexity index is 578. The lowest BCUT2D eigenvalue weighted by atomic mass is 10.1. The number of hydrogen-bond acceptors (Lipinski definition) is 5. The Morgan fingerprint density at radius 3 is 2.89 bits per heavy atom. The number of carbonyl (C=O) groups is 1. The van der Waals surface area contributed by atoms with Crippen molar-refractivity contribution < 1.29 is 9.53 Å². The minimum absolute atomic E-state index is 0.322. The van der Waals surface area contributed by atoms with Crippen LogP contribution in [0.15, 0.2) is 24.3 Å². The summed E-state index contributed by atoms with van der Waals surface area (Å²) in [5.41, 5.74) is 8.22. The van der Waals surface area contributed by atoms with Crippen molar-refractivity contribution in [1.82, 2.24) is 4.98 Å². The zero-order valence-electron chi connectivity index (χ0n) is 10.3. The SMILES string of the molecule is COC(=O)c1cccc(Cc2sc(N)nc2C)c1. The Labute approximate surface area is 109 Å². The summed E-state index contributed by atoms with van der Waals surface area (Å²) < 4.78 is 4.70. The highest BCUT2D eigenvalue weighted by Gasteiger charge is 2.09. The fraction of sp³-hybridized carbons (Fsp3) is 0.231. The van der Waals surface area contributed by atoms with Crippen molar-refractivity contribution in [2.45, 2.75) is 13.3 Å². The number of nitrogens with two attached hydrogens (primary N) is 1. The zero-order valence-corrected chi connectivity index (χ0v) is 11.1. The predicted octanol–water partition coefficient (Wildman–Crippen LogP) is 2.41. The van der Waals surface area contributed by atoms with Gasteiger partial charge in [0.1, 0.15) is 0 Å². The van der Waals surface area contributed by atoms with Crippen LogP contribution >= 0.6 is 11.3 Å². The zero-order chi connectivity index (χ0) is 13.1. The van der Waals surface area contributed by atoms with Gasteiger partial charge < -0.3 is 10.5 Å². The molecule has 2 rings (SSSR count). The van der Waals surface area contributed by atoms with Gasteiger partial charge in [0.25, 0.3) is 0 Å². The molecule has 0 radical (unpaired) electrons. The van der Waals surface area contributed by atoms with E-state index < -0.39 is 0 Å². The average molecular weight is 262 g/mol. The molecular weight excluding hydrogens is 248 g/mol. The van der Waals surface area contributed by atoms with E-state index in [2.05, 4.69) is 4.98 Å². The smallest absolute Gasteiger partial charge is 0.337 e. The molecule has 1 aromatic carbocycles.